The van der Waals surface area contributed by atoms with Gasteiger partial charge in [0.2, 0.25) is 0 Å². The van der Waals surface area contributed by atoms with Crippen LogP contribution in [0.5, 0.6) is 5.75 Å². The third-order valence-corrected chi connectivity index (χ3v) is 4.17. The molecule has 0 bridgehead atoms. The number of hydrogen-bond acceptors (Lipinski definition) is 6. The molecule has 28 heavy (non-hydrogen) atoms. The summed E-state index contributed by atoms with van der Waals surface area (Å²) >= 11 is 0. The predicted molar refractivity (Wildman–Crippen MR) is 101 cm³/mol. The number of hydrazone groups is 1. The van der Waals surface area contributed by atoms with Gasteiger partial charge in [-0.2, -0.15) is 5.10 Å². The fourth-order valence-electron chi connectivity index (χ4n) is 2.78. The first-order valence-electron chi connectivity index (χ1n) is 8.64. The molecule has 1 aliphatic heterocycles. The summed E-state index contributed by atoms with van der Waals surface area (Å²) in [7, 11) is 1.55. The second kappa shape index (κ2) is 8.34. The van der Waals surface area contributed by atoms with Crippen LogP contribution in [-0.2, 0) is 4.74 Å². The average molecular weight is 381 g/mol. The molecule has 0 radical (unpaired) electrons. The number of benzene rings is 2. The first kappa shape index (κ1) is 19.1. The summed E-state index contributed by atoms with van der Waals surface area (Å²) in [5.41, 5.74) is 3.92. The normalized spacial score (nSPS) is 13.4. The number of nitrogens with zero attached hydrogens (tertiary/aromatic N) is 2. The zero-order chi connectivity index (χ0) is 20.1. The zero-order valence-electron chi connectivity index (χ0n) is 15.5. The van der Waals surface area contributed by atoms with Gasteiger partial charge < -0.3 is 9.47 Å². The Labute approximate surface area is 161 Å². The SMILES string of the molecule is CCOC(=O)NN=C(CN1C(=O)c2ccccc2C1=O)c1ccc(OC)cc1. The smallest absolute Gasteiger partial charge is 0.427 e. The number of amides is 3. The van der Waals surface area contributed by atoms with Crippen molar-refractivity contribution in [1.29, 1.82) is 0 Å². The minimum Gasteiger partial charge on any atom is -0.497 e. The average Bonchev–Trinajstić information content (AvgIpc) is 2.96. The molecule has 2 aromatic carbocycles. The minimum absolute atomic E-state index is 0.106. The van der Waals surface area contributed by atoms with E-state index < -0.39 is 17.9 Å². The molecule has 2 aromatic rings. The van der Waals surface area contributed by atoms with Crippen LogP contribution in [0, 0.1) is 0 Å². The lowest BCUT2D eigenvalue weighted by Gasteiger charge is -2.16. The van der Waals surface area contributed by atoms with Gasteiger partial charge in [-0.05, 0) is 48.9 Å². The Hall–Kier alpha value is -3.68. The topological polar surface area (TPSA) is 97.3 Å². The molecule has 3 rings (SSSR count). The summed E-state index contributed by atoms with van der Waals surface area (Å²) in [6.45, 7) is 1.76. The second-order valence-electron chi connectivity index (χ2n) is 5.86. The number of nitrogens with one attached hydrogen (secondary N) is 1. The van der Waals surface area contributed by atoms with E-state index in [4.69, 9.17) is 9.47 Å². The molecule has 0 saturated carbocycles. The molecular formula is C20H19N3O5. The van der Waals surface area contributed by atoms with Crippen LogP contribution in [0.2, 0.25) is 0 Å². The molecule has 3 amide bonds. The van der Waals surface area contributed by atoms with Crippen LogP contribution in [0.25, 0.3) is 0 Å². The van der Waals surface area contributed by atoms with Crippen LogP contribution in [0.3, 0.4) is 0 Å². The van der Waals surface area contributed by atoms with Crippen molar-refractivity contribution in [3.8, 4) is 5.75 Å². The van der Waals surface area contributed by atoms with Gasteiger partial charge in [0.1, 0.15) is 5.75 Å². The van der Waals surface area contributed by atoms with E-state index in [0.717, 1.165) is 4.90 Å². The van der Waals surface area contributed by atoms with Crippen molar-refractivity contribution < 1.29 is 23.9 Å². The maximum Gasteiger partial charge on any atom is 0.427 e. The zero-order valence-corrected chi connectivity index (χ0v) is 15.5. The number of fused-ring (bicyclic) bond motifs is 1. The predicted octanol–water partition coefficient (Wildman–Crippen LogP) is 2.44. The highest BCUT2D eigenvalue weighted by atomic mass is 16.5. The number of carbonyl (C=O) groups is 3. The molecule has 0 aliphatic carbocycles. The molecule has 1 aliphatic rings. The minimum atomic E-state index is -0.726. The third-order valence-electron chi connectivity index (χ3n) is 4.17. The molecule has 0 atom stereocenters. The number of ether oxygens (including phenoxy) is 2. The van der Waals surface area contributed by atoms with E-state index in [1.165, 1.54) is 0 Å². The molecule has 0 fully saturated rings. The number of rotatable bonds is 6. The van der Waals surface area contributed by atoms with Gasteiger partial charge >= 0.3 is 6.09 Å². The van der Waals surface area contributed by atoms with Gasteiger partial charge in [0.05, 0.1) is 37.1 Å². The number of carbonyl (C=O) groups excluding carboxylic acids is 3. The van der Waals surface area contributed by atoms with E-state index in [0.29, 0.717) is 28.2 Å². The molecule has 8 heteroatoms. The summed E-state index contributed by atoms with van der Waals surface area (Å²) in [6.07, 6.45) is -0.726. The van der Waals surface area contributed by atoms with Crippen molar-refractivity contribution in [2.75, 3.05) is 20.3 Å². The van der Waals surface area contributed by atoms with Crippen molar-refractivity contribution in [3.63, 3.8) is 0 Å². The first-order chi connectivity index (χ1) is 13.5. The third kappa shape index (κ3) is 3.85. The Bertz CT molecular complexity index is 902. The van der Waals surface area contributed by atoms with Gasteiger partial charge in [0.15, 0.2) is 0 Å². The Morgan fingerprint density at radius 2 is 1.64 bits per heavy atom. The van der Waals surface area contributed by atoms with Gasteiger partial charge in [-0.3, -0.25) is 14.5 Å². The maximum absolute atomic E-state index is 12.6. The van der Waals surface area contributed by atoms with Crippen LogP contribution >= 0.6 is 0 Å². The quantitative estimate of drug-likeness (QED) is 0.471. The molecule has 0 spiro atoms. The highest BCUT2D eigenvalue weighted by Gasteiger charge is 2.35. The fourth-order valence-corrected chi connectivity index (χ4v) is 2.78. The highest BCUT2D eigenvalue weighted by Crippen LogP contribution is 2.23. The summed E-state index contributed by atoms with van der Waals surface area (Å²) in [5, 5.41) is 4.07. The van der Waals surface area contributed by atoms with E-state index >= 15 is 0 Å². The Morgan fingerprint density at radius 1 is 1.04 bits per heavy atom. The van der Waals surface area contributed by atoms with E-state index in [1.54, 1.807) is 62.6 Å². The van der Waals surface area contributed by atoms with Crippen LogP contribution in [-0.4, -0.2) is 48.8 Å². The Balaban J connectivity index is 1.89. The summed E-state index contributed by atoms with van der Waals surface area (Å²) in [4.78, 5) is 38.0. The van der Waals surface area contributed by atoms with Gasteiger partial charge in [0.25, 0.3) is 11.8 Å². The summed E-state index contributed by atoms with van der Waals surface area (Å²) in [6, 6.07) is 13.5. The number of methoxy groups -OCH3 is 1. The van der Waals surface area contributed by atoms with E-state index in [1.807, 2.05) is 0 Å². The van der Waals surface area contributed by atoms with Crippen molar-refractivity contribution in [2.45, 2.75) is 6.92 Å². The first-order valence-corrected chi connectivity index (χ1v) is 8.64. The van der Waals surface area contributed by atoms with E-state index in [9.17, 15) is 14.4 Å². The maximum atomic E-state index is 12.6. The van der Waals surface area contributed by atoms with Gasteiger partial charge in [-0.1, -0.05) is 12.1 Å². The monoisotopic (exact) mass is 381 g/mol. The molecular weight excluding hydrogens is 362 g/mol. The molecule has 0 unspecified atom stereocenters. The van der Waals surface area contributed by atoms with Gasteiger partial charge in [-0.15, -0.1) is 0 Å². The number of imide groups is 1. The summed E-state index contributed by atoms with van der Waals surface area (Å²) < 4.78 is 9.94. The van der Waals surface area contributed by atoms with Crippen LogP contribution < -0.4 is 10.2 Å². The molecule has 144 valence electrons. The lowest BCUT2D eigenvalue weighted by Crippen LogP contribution is -2.36. The van der Waals surface area contributed by atoms with Crippen LogP contribution in [0.4, 0.5) is 4.79 Å². The standard InChI is InChI=1S/C20H19N3O5/c1-3-28-20(26)22-21-17(13-8-10-14(27-2)11-9-13)12-23-18(24)15-6-4-5-7-16(15)19(23)25/h4-11H,3,12H2,1-2H3,(H,22,26). The highest BCUT2D eigenvalue weighted by molar-refractivity contribution is 6.23. The largest absolute Gasteiger partial charge is 0.497 e. The molecule has 1 heterocycles. The molecule has 8 nitrogen and oxygen atoms in total. The lowest BCUT2D eigenvalue weighted by atomic mass is 10.1. The Kier molecular flexibility index (Phi) is 5.69. The number of hydrogen-bond donors (Lipinski definition) is 1. The van der Waals surface area contributed by atoms with Gasteiger partial charge in [0, 0.05) is 0 Å². The van der Waals surface area contributed by atoms with E-state index in [2.05, 4.69) is 10.5 Å². The fraction of sp³-hybridized carbons (Fsp3) is 0.200. The molecule has 1 N–H and O–H groups in total. The lowest BCUT2D eigenvalue weighted by molar-refractivity contribution is 0.0677. The van der Waals surface area contributed by atoms with Crippen molar-refractivity contribution in [2.24, 2.45) is 5.10 Å². The van der Waals surface area contributed by atoms with Crippen LogP contribution in [0.1, 0.15) is 33.2 Å². The van der Waals surface area contributed by atoms with Crippen molar-refractivity contribution in [1.82, 2.24) is 10.3 Å². The van der Waals surface area contributed by atoms with Gasteiger partial charge in [-0.25, -0.2) is 10.2 Å². The van der Waals surface area contributed by atoms with E-state index in [-0.39, 0.29) is 13.2 Å². The Morgan fingerprint density at radius 3 is 2.18 bits per heavy atom. The summed E-state index contributed by atoms with van der Waals surface area (Å²) in [5.74, 6) is -0.168. The molecule has 0 saturated heterocycles. The van der Waals surface area contributed by atoms with Crippen LogP contribution in [0.15, 0.2) is 53.6 Å². The molecule has 0 aromatic heterocycles. The van der Waals surface area contributed by atoms with Crippen molar-refractivity contribution in [3.05, 3.63) is 65.2 Å². The second-order valence-corrected chi connectivity index (χ2v) is 5.86. The van der Waals surface area contributed by atoms with Crippen molar-refractivity contribution >= 4 is 23.6 Å².